The van der Waals surface area contributed by atoms with E-state index in [2.05, 4.69) is 31.6 Å². The summed E-state index contributed by atoms with van der Waals surface area (Å²) >= 11 is 0. The molecule has 1 saturated heterocycles. The molecule has 0 spiro atoms. The second-order valence-corrected chi connectivity index (χ2v) is 14.1. The fourth-order valence-electron chi connectivity index (χ4n) is 6.56. The molecule has 9 N–H and O–H groups in total. The molecule has 7 amide bonds. The van der Waals surface area contributed by atoms with Crippen molar-refractivity contribution in [2.75, 3.05) is 19.7 Å². The molecule has 7 unspecified atom stereocenters. The predicted octanol–water partition coefficient (Wildman–Crippen LogP) is -1.02. The van der Waals surface area contributed by atoms with Gasteiger partial charge in [0.15, 0.2) is 0 Å². The molecule has 1 fully saturated rings. The van der Waals surface area contributed by atoms with E-state index in [4.69, 9.17) is 5.73 Å². The number of hydrogen-bond acceptors (Lipinski definition) is 10. The topological polar surface area (TPSA) is 262 Å². The number of hydrogen-bond donors (Lipinski definition) is 8. The van der Waals surface area contributed by atoms with Crippen LogP contribution in [0.1, 0.15) is 57.1 Å². The lowest BCUT2D eigenvalue weighted by Crippen LogP contribution is -2.60. The molecular weight excluding hydrogens is 724 g/mol. The number of fused-ring (bicyclic) bond motifs is 1. The Morgan fingerprint density at radius 2 is 1.57 bits per heavy atom. The fraction of sp³-hybridized carbons (Fsp3) is 0.487. The van der Waals surface area contributed by atoms with E-state index in [1.807, 2.05) is 30.3 Å². The van der Waals surface area contributed by atoms with E-state index in [0.29, 0.717) is 24.8 Å². The molecule has 2 aliphatic rings. The Bertz CT molecular complexity index is 1740. The van der Waals surface area contributed by atoms with Gasteiger partial charge in [-0.1, -0.05) is 62.7 Å². The van der Waals surface area contributed by atoms with Crippen LogP contribution in [-0.4, -0.2) is 119 Å². The Balaban J connectivity index is 1.73. The average molecular weight is 777 g/mol. The quantitative estimate of drug-likeness (QED) is 0.147. The molecule has 302 valence electrons. The number of primary amides is 1. The van der Waals surface area contributed by atoms with Gasteiger partial charge in [0.1, 0.15) is 36.0 Å². The van der Waals surface area contributed by atoms with Crippen LogP contribution in [0.15, 0.2) is 59.6 Å². The first-order valence-corrected chi connectivity index (χ1v) is 18.8. The average Bonchev–Trinajstić information content (AvgIpc) is 3.68. The predicted molar refractivity (Wildman–Crippen MR) is 205 cm³/mol. The van der Waals surface area contributed by atoms with Crippen LogP contribution in [0.3, 0.4) is 0 Å². The highest BCUT2D eigenvalue weighted by Crippen LogP contribution is 2.20. The zero-order chi connectivity index (χ0) is 40.8. The number of aromatic hydroxyl groups is 1. The lowest BCUT2D eigenvalue weighted by Gasteiger charge is -2.31. The Morgan fingerprint density at radius 1 is 0.875 bits per heavy atom. The van der Waals surface area contributed by atoms with E-state index in [-0.39, 0.29) is 38.0 Å². The van der Waals surface area contributed by atoms with Crippen LogP contribution < -0.4 is 32.3 Å². The zero-order valence-corrected chi connectivity index (χ0v) is 31.6. The summed E-state index contributed by atoms with van der Waals surface area (Å²) in [6.45, 7) is 2.28. The number of nitrogens with zero attached hydrogens (tertiary/aromatic N) is 2. The standard InChI is InChI=1S/C39H52N8O9/c1-3-23(2)34-38(55)45-30(22-48)39(56)47-17-7-10-31(47)37(54)43-26(18-24-8-5-4-6-9-24)20-41-29(19-25-11-13-27(49)14-12-25)35(52)42-21-33(51)44-28(36(53)46-34)15-16-32(40)50/h4-6,8-9,11-14,20,23,26,28-31,34,48-49H,3,7,10,15-19,21-22H2,1-2H3,(H2,40,50)(H,42,52)(H,43,54)(H,44,51)(H,45,55)(H,46,53). The minimum atomic E-state index is -1.45. The number of nitrogens with one attached hydrogen (secondary N) is 5. The normalized spacial score (nSPS) is 25.1. The Labute approximate surface area is 325 Å². The lowest BCUT2D eigenvalue weighted by molar-refractivity contribution is -0.143. The Kier molecular flexibility index (Phi) is 15.9. The summed E-state index contributed by atoms with van der Waals surface area (Å²) in [5.74, 6) is -5.44. The summed E-state index contributed by atoms with van der Waals surface area (Å²) in [7, 11) is 0. The molecule has 7 atom stereocenters. The van der Waals surface area contributed by atoms with Crippen LogP contribution in [-0.2, 0) is 46.4 Å². The van der Waals surface area contributed by atoms with Gasteiger partial charge >= 0.3 is 0 Å². The van der Waals surface area contributed by atoms with Crippen LogP contribution in [0.5, 0.6) is 5.75 Å². The SMILES string of the molecule is CCC(C)C1NC(=O)C(CCC(N)=O)NC(=O)CNC(=O)C(Cc2ccc(O)cc2)N=CC(Cc2ccccc2)NC(=O)C2CCCN2C(=O)C(CO)NC1=O. The van der Waals surface area contributed by atoms with Crippen molar-refractivity contribution in [2.24, 2.45) is 16.6 Å². The monoisotopic (exact) mass is 776 g/mol. The van der Waals surface area contributed by atoms with Gasteiger partial charge in [-0.3, -0.25) is 38.6 Å². The van der Waals surface area contributed by atoms with Gasteiger partial charge in [0, 0.05) is 25.6 Å². The minimum Gasteiger partial charge on any atom is -0.508 e. The van der Waals surface area contributed by atoms with Gasteiger partial charge in [0.05, 0.1) is 19.2 Å². The van der Waals surface area contributed by atoms with Gasteiger partial charge in [-0.05, 0) is 54.9 Å². The van der Waals surface area contributed by atoms with Crippen molar-refractivity contribution in [1.29, 1.82) is 0 Å². The third kappa shape index (κ3) is 12.3. The maximum absolute atomic E-state index is 13.9. The summed E-state index contributed by atoms with van der Waals surface area (Å²) in [4.78, 5) is 99.6. The number of phenols is 1. The molecule has 56 heavy (non-hydrogen) atoms. The van der Waals surface area contributed by atoms with Gasteiger partial charge < -0.3 is 47.4 Å². The van der Waals surface area contributed by atoms with Gasteiger partial charge in [0.2, 0.25) is 41.4 Å². The number of nitrogens with two attached hydrogens (primary N) is 1. The zero-order valence-electron chi connectivity index (χ0n) is 31.6. The second kappa shape index (κ2) is 20.7. The van der Waals surface area contributed by atoms with E-state index >= 15 is 0 Å². The second-order valence-electron chi connectivity index (χ2n) is 14.1. The molecule has 0 radical (unpaired) electrons. The van der Waals surface area contributed by atoms with Crippen LogP contribution in [0, 0.1) is 5.92 Å². The molecule has 0 aliphatic carbocycles. The van der Waals surface area contributed by atoms with Gasteiger partial charge in [0.25, 0.3) is 0 Å². The van der Waals surface area contributed by atoms with Crippen LogP contribution >= 0.6 is 0 Å². The molecular formula is C39H52N8O9. The molecule has 2 aliphatic heterocycles. The van der Waals surface area contributed by atoms with Crippen molar-refractivity contribution < 1.29 is 43.8 Å². The molecule has 4 rings (SSSR count). The number of benzene rings is 2. The summed E-state index contributed by atoms with van der Waals surface area (Å²) < 4.78 is 0. The fourth-order valence-corrected chi connectivity index (χ4v) is 6.56. The van der Waals surface area contributed by atoms with E-state index in [1.165, 1.54) is 23.2 Å². The first-order chi connectivity index (χ1) is 26.8. The highest BCUT2D eigenvalue weighted by atomic mass is 16.3. The third-order valence-corrected chi connectivity index (χ3v) is 9.92. The van der Waals surface area contributed by atoms with Crippen molar-refractivity contribution in [3.05, 3.63) is 65.7 Å². The summed E-state index contributed by atoms with van der Waals surface area (Å²) in [6, 6.07) is 8.55. The van der Waals surface area contributed by atoms with Crippen molar-refractivity contribution in [1.82, 2.24) is 31.5 Å². The molecule has 2 aromatic rings. The molecule has 2 aromatic carbocycles. The molecule has 17 heteroatoms. The van der Waals surface area contributed by atoms with Crippen molar-refractivity contribution in [3.63, 3.8) is 0 Å². The smallest absolute Gasteiger partial charge is 0.248 e. The number of amides is 7. The first kappa shape index (κ1) is 42.9. The third-order valence-electron chi connectivity index (χ3n) is 9.92. The van der Waals surface area contributed by atoms with Gasteiger partial charge in [-0.15, -0.1) is 0 Å². The van der Waals surface area contributed by atoms with Crippen LogP contribution in [0.2, 0.25) is 0 Å². The first-order valence-electron chi connectivity index (χ1n) is 18.8. The van der Waals surface area contributed by atoms with Crippen LogP contribution in [0.25, 0.3) is 0 Å². The number of aliphatic hydroxyl groups excluding tert-OH is 1. The van der Waals surface area contributed by atoms with Gasteiger partial charge in [-0.25, -0.2) is 0 Å². The minimum absolute atomic E-state index is 0.0196. The highest BCUT2D eigenvalue weighted by molar-refractivity contribution is 5.97. The van der Waals surface area contributed by atoms with E-state index in [9.17, 15) is 43.8 Å². The maximum atomic E-state index is 13.9. The molecule has 0 aromatic heterocycles. The van der Waals surface area contributed by atoms with Gasteiger partial charge in [-0.2, -0.15) is 0 Å². The number of rotatable bonds is 10. The number of aliphatic imine (C=N–C) groups is 1. The summed E-state index contributed by atoms with van der Waals surface area (Å²) in [5, 5.41) is 33.3. The van der Waals surface area contributed by atoms with Crippen LogP contribution in [0.4, 0.5) is 0 Å². The van der Waals surface area contributed by atoms with Crippen molar-refractivity contribution in [3.8, 4) is 5.75 Å². The highest BCUT2D eigenvalue weighted by Gasteiger charge is 2.39. The molecule has 2 heterocycles. The summed E-state index contributed by atoms with van der Waals surface area (Å²) in [5.41, 5.74) is 6.83. The number of aliphatic hydroxyl groups is 1. The Morgan fingerprint density at radius 3 is 2.23 bits per heavy atom. The maximum Gasteiger partial charge on any atom is 0.248 e. The molecule has 17 nitrogen and oxygen atoms in total. The summed E-state index contributed by atoms with van der Waals surface area (Å²) in [6.07, 6.45) is 2.45. The van der Waals surface area contributed by atoms with Crippen molar-refractivity contribution in [2.45, 2.75) is 95.0 Å². The van der Waals surface area contributed by atoms with E-state index < -0.39 is 96.7 Å². The van der Waals surface area contributed by atoms with E-state index in [0.717, 1.165) is 5.56 Å². The van der Waals surface area contributed by atoms with Crippen molar-refractivity contribution >= 4 is 47.6 Å². The molecule has 0 saturated carbocycles. The lowest BCUT2D eigenvalue weighted by atomic mass is 9.97. The Hall–Kier alpha value is -5.84. The number of phenolic OH excluding ortho intramolecular Hbond substituents is 1. The molecule has 0 bridgehead atoms. The number of carbonyl (C=O) groups is 7. The van der Waals surface area contributed by atoms with E-state index in [1.54, 1.807) is 26.0 Å². The largest absolute Gasteiger partial charge is 0.508 e. The number of carbonyl (C=O) groups excluding carboxylic acids is 7.